The summed E-state index contributed by atoms with van der Waals surface area (Å²) in [5.74, 6) is 0.113. The van der Waals surface area contributed by atoms with Crippen LogP contribution in [0.4, 0.5) is 0 Å². The molecule has 1 aliphatic heterocycles. The first-order valence-corrected chi connectivity index (χ1v) is 7.17. The molecule has 0 aromatic rings. The number of esters is 1. The lowest BCUT2D eigenvalue weighted by atomic mass is 9.86. The second-order valence-corrected chi connectivity index (χ2v) is 7.76. The van der Waals surface area contributed by atoms with Crippen LogP contribution in [0.2, 0.25) is 0 Å². The van der Waals surface area contributed by atoms with E-state index >= 15 is 0 Å². The lowest BCUT2D eigenvalue weighted by Gasteiger charge is -2.35. The molecule has 1 saturated heterocycles. The Morgan fingerprint density at radius 3 is 2.35 bits per heavy atom. The SMILES string of the molecule is COC(=O)[C@@H]1[C@@H]2[C@H](CN1C(=O)[C@H](N)C(C)(C)C)C2(C)C. The van der Waals surface area contributed by atoms with Gasteiger partial charge in [0.25, 0.3) is 0 Å². The van der Waals surface area contributed by atoms with Crippen LogP contribution in [0.25, 0.3) is 0 Å². The summed E-state index contributed by atoms with van der Waals surface area (Å²) in [4.78, 5) is 26.3. The number of fused-ring (bicyclic) bond motifs is 1. The van der Waals surface area contributed by atoms with E-state index in [1.165, 1.54) is 7.11 Å². The zero-order chi connectivity index (χ0) is 15.5. The second kappa shape index (κ2) is 4.45. The molecule has 1 heterocycles. The molecule has 0 unspecified atom stereocenters. The molecule has 2 aliphatic rings. The van der Waals surface area contributed by atoms with Gasteiger partial charge >= 0.3 is 5.97 Å². The van der Waals surface area contributed by atoms with Crippen molar-refractivity contribution in [3.05, 3.63) is 0 Å². The number of piperidine rings is 1. The molecule has 1 aliphatic carbocycles. The smallest absolute Gasteiger partial charge is 0.328 e. The summed E-state index contributed by atoms with van der Waals surface area (Å²) >= 11 is 0. The summed E-state index contributed by atoms with van der Waals surface area (Å²) in [6.07, 6.45) is 0. The molecule has 0 aromatic heterocycles. The van der Waals surface area contributed by atoms with E-state index in [9.17, 15) is 9.59 Å². The van der Waals surface area contributed by atoms with Gasteiger partial charge in [-0.3, -0.25) is 4.79 Å². The molecule has 5 nitrogen and oxygen atoms in total. The van der Waals surface area contributed by atoms with Crippen LogP contribution in [-0.2, 0) is 14.3 Å². The van der Waals surface area contributed by atoms with E-state index in [2.05, 4.69) is 13.8 Å². The van der Waals surface area contributed by atoms with E-state index in [4.69, 9.17) is 10.5 Å². The van der Waals surface area contributed by atoms with Crippen LogP contribution in [0.3, 0.4) is 0 Å². The number of rotatable bonds is 2. The highest BCUT2D eigenvalue weighted by molar-refractivity contribution is 5.89. The number of methoxy groups -OCH3 is 1. The number of carbonyl (C=O) groups is 2. The molecule has 2 N–H and O–H groups in total. The molecule has 114 valence electrons. The van der Waals surface area contributed by atoms with Crippen molar-refractivity contribution in [2.75, 3.05) is 13.7 Å². The number of nitrogens with zero attached hydrogens (tertiary/aromatic N) is 1. The van der Waals surface area contributed by atoms with Gasteiger partial charge in [-0.25, -0.2) is 4.79 Å². The molecule has 1 saturated carbocycles. The van der Waals surface area contributed by atoms with Crippen molar-refractivity contribution < 1.29 is 14.3 Å². The van der Waals surface area contributed by atoms with Crippen molar-refractivity contribution in [2.24, 2.45) is 28.4 Å². The third-order valence-corrected chi connectivity index (χ3v) is 5.13. The zero-order valence-corrected chi connectivity index (χ0v) is 13.3. The minimum Gasteiger partial charge on any atom is -0.467 e. The van der Waals surface area contributed by atoms with Crippen molar-refractivity contribution in [1.29, 1.82) is 0 Å². The van der Waals surface area contributed by atoms with Crippen LogP contribution in [0.1, 0.15) is 34.6 Å². The third kappa shape index (κ3) is 2.12. The van der Waals surface area contributed by atoms with Gasteiger partial charge in [0.15, 0.2) is 0 Å². The fraction of sp³-hybridized carbons (Fsp3) is 0.867. The molecule has 1 amide bonds. The van der Waals surface area contributed by atoms with Crippen molar-refractivity contribution >= 4 is 11.9 Å². The first-order valence-electron chi connectivity index (χ1n) is 7.17. The Morgan fingerprint density at radius 2 is 1.90 bits per heavy atom. The summed E-state index contributed by atoms with van der Waals surface area (Å²) in [6, 6.07) is -1.07. The van der Waals surface area contributed by atoms with Crippen molar-refractivity contribution in [3.8, 4) is 0 Å². The molecular weight excluding hydrogens is 256 g/mol. The maximum Gasteiger partial charge on any atom is 0.328 e. The third-order valence-electron chi connectivity index (χ3n) is 5.13. The van der Waals surface area contributed by atoms with Crippen LogP contribution in [0.5, 0.6) is 0 Å². The number of amides is 1. The lowest BCUT2D eigenvalue weighted by Crippen LogP contribution is -2.55. The molecule has 0 radical (unpaired) electrons. The van der Waals surface area contributed by atoms with Crippen molar-refractivity contribution in [2.45, 2.75) is 46.7 Å². The maximum atomic E-state index is 12.6. The lowest BCUT2D eigenvalue weighted by molar-refractivity contribution is -0.154. The first-order chi connectivity index (χ1) is 9.03. The molecule has 2 rings (SSSR count). The van der Waals surface area contributed by atoms with Gasteiger partial charge in [0.05, 0.1) is 13.2 Å². The van der Waals surface area contributed by atoms with Gasteiger partial charge in [-0.2, -0.15) is 0 Å². The Balaban J connectivity index is 2.21. The Morgan fingerprint density at radius 1 is 1.35 bits per heavy atom. The molecular formula is C15H26N2O3. The van der Waals surface area contributed by atoms with E-state index in [1.807, 2.05) is 20.8 Å². The quantitative estimate of drug-likeness (QED) is 0.767. The van der Waals surface area contributed by atoms with Crippen molar-refractivity contribution in [3.63, 3.8) is 0 Å². The summed E-state index contributed by atoms with van der Waals surface area (Å²) in [6.45, 7) is 10.7. The van der Waals surface area contributed by atoms with Gasteiger partial charge in [0.2, 0.25) is 5.91 Å². The predicted octanol–water partition coefficient (Wildman–Crippen LogP) is 1.02. The fourth-order valence-corrected chi connectivity index (χ4v) is 3.45. The highest BCUT2D eigenvalue weighted by Gasteiger charge is 2.70. The van der Waals surface area contributed by atoms with Gasteiger partial charge < -0.3 is 15.4 Å². The van der Waals surface area contributed by atoms with Gasteiger partial charge in [-0.1, -0.05) is 34.6 Å². The molecule has 0 aromatic carbocycles. The highest BCUT2D eigenvalue weighted by atomic mass is 16.5. The van der Waals surface area contributed by atoms with Gasteiger partial charge in [-0.15, -0.1) is 0 Å². The average Bonchev–Trinajstić information content (AvgIpc) is 2.75. The topological polar surface area (TPSA) is 72.6 Å². The molecule has 5 heteroatoms. The number of likely N-dealkylation sites (tertiary alicyclic amines) is 1. The first kappa shape index (κ1) is 15.3. The second-order valence-electron chi connectivity index (χ2n) is 7.76. The Kier molecular flexibility index (Phi) is 3.40. The summed E-state index contributed by atoms with van der Waals surface area (Å²) < 4.78 is 4.90. The molecule has 4 atom stereocenters. The average molecular weight is 282 g/mol. The Hall–Kier alpha value is -1.10. The van der Waals surface area contributed by atoms with Crippen LogP contribution in [0.15, 0.2) is 0 Å². The largest absolute Gasteiger partial charge is 0.467 e. The molecule has 2 fully saturated rings. The maximum absolute atomic E-state index is 12.6. The monoisotopic (exact) mass is 282 g/mol. The van der Waals surface area contributed by atoms with Gasteiger partial charge in [0, 0.05) is 12.5 Å². The molecule has 20 heavy (non-hydrogen) atoms. The predicted molar refractivity (Wildman–Crippen MR) is 75.7 cm³/mol. The minimum atomic E-state index is -0.602. The van der Waals surface area contributed by atoms with E-state index in [0.29, 0.717) is 12.5 Å². The highest BCUT2D eigenvalue weighted by Crippen LogP contribution is 2.65. The van der Waals surface area contributed by atoms with Gasteiger partial charge in [0.1, 0.15) is 6.04 Å². The number of carbonyl (C=O) groups excluding carboxylic acids is 2. The van der Waals surface area contributed by atoms with E-state index < -0.39 is 12.1 Å². The Labute approximate surface area is 120 Å². The number of hydrogen-bond donors (Lipinski definition) is 1. The van der Waals surface area contributed by atoms with Crippen LogP contribution >= 0.6 is 0 Å². The van der Waals surface area contributed by atoms with Gasteiger partial charge in [-0.05, 0) is 16.7 Å². The van der Waals surface area contributed by atoms with E-state index in [-0.39, 0.29) is 28.6 Å². The molecule has 0 bridgehead atoms. The van der Waals surface area contributed by atoms with E-state index in [1.54, 1.807) is 4.90 Å². The van der Waals surface area contributed by atoms with Crippen LogP contribution in [0, 0.1) is 22.7 Å². The summed E-state index contributed by atoms with van der Waals surface area (Å²) in [7, 11) is 1.37. The van der Waals surface area contributed by atoms with Crippen molar-refractivity contribution in [1.82, 2.24) is 4.90 Å². The fourth-order valence-electron chi connectivity index (χ4n) is 3.45. The normalized spacial score (nSPS) is 32.5. The van der Waals surface area contributed by atoms with Crippen LogP contribution < -0.4 is 5.73 Å². The number of nitrogens with two attached hydrogens (primary N) is 1. The summed E-state index contributed by atoms with van der Waals surface area (Å²) in [5.41, 5.74) is 5.86. The minimum absolute atomic E-state index is 0.113. The Bertz CT molecular complexity index is 439. The standard InChI is InChI=1S/C15H26N2O3/c1-14(2,3)11(16)12(18)17-7-8-9(15(8,4)5)10(17)13(19)20-6/h8-11H,7,16H2,1-6H3/t8-,9-,10-,11-/m0/s1. The van der Waals surface area contributed by atoms with E-state index in [0.717, 1.165) is 0 Å². The zero-order valence-electron chi connectivity index (χ0n) is 13.3. The number of hydrogen-bond acceptors (Lipinski definition) is 4. The summed E-state index contributed by atoms with van der Waals surface area (Å²) in [5, 5.41) is 0. The number of ether oxygens (including phenoxy) is 1. The van der Waals surface area contributed by atoms with Crippen LogP contribution in [-0.4, -0.2) is 42.5 Å². The molecule has 0 spiro atoms.